The van der Waals surface area contributed by atoms with Crippen molar-refractivity contribution in [1.82, 2.24) is 5.32 Å². The zero-order chi connectivity index (χ0) is 28.5. The predicted molar refractivity (Wildman–Crippen MR) is 150 cm³/mol. The zero-order valence-corrected chi connectivity index (χ0v) is 22.2. The van der Waals surface area contributed by atoms with E-state index in [0.29, 0.717) is 16.8 Å². The summed E-state index contributed by atoms with van der Waals surface area (Å²) in [5.41, 5.74) is 13.0. The number of benzene rings is 3. The van der Waals surface area contributed by atoms with Gasteiger partial charge in [0.2, 0.25) is 5.91 Å². The molecule has 1 atom stereocenters. The molecule has 0 aliphatic rings. The second-order valence-electron chi connectivity index (χ2n) is 8.66. The van der Waals surface area contributed by atoms with Crippen molar-refractivity contribution in [3.63, 3.8) is 0 Å². The Morgan fingerprint density at radius 1 is 0.846 bits per heavy atom. The number of nitrogens with one attached hydrogen (secondary N) is 1. The van der Waals surface area contributed by atoms with Crippen LogP contribution in [-0.4, -0.2) is 41.1 Å². The van der Waals surface area contributed by atoms with Gasteiger partial charge in [0.1, 0.15) is 0 Å². The largest absolute Gasteiger partial charge is 0.481 e. The van der Waals surface area contributed by atoms with Gasteiger partial charge in [0.15, 0.2) is 17.5 Å². The molecular weight excluding hydrogens is 543 g/mol. The van der Waals surface area contributed by atoms with Crippen molar-refractivity contribution < 1.29 is 24.3 Å². The first kappa shape index (κ1) is 29.3. The molecule has 0 radical (unpaired) electrons. The third-order valence-electron chi connectivity index (χ3n) is 5.76. The normalized spacial score (nSPS) is 11.3. The van der Waals surface area contributed by atoms with Crippen molar-refractivity contribution >= 4 is 58.3 Å². The van der Waals surface area contributed by atoms with E-state index in [2.05, 4.69) is 10.3 Å². The van der Waals surface area contributed by atoms with Gasteiger partial charge < -0.3 is 21.9 Å². The van der Waals surface area contributed by atoms with Crippen molar-refractivity contribution in [2.45, 2.75) is 19.3 Å². The van der Waals surface area contributed by atoms with Gasteiger partial charge in [-0.05, 0) is 35.4 Å². The summed E-state index contributed by atoms with van der Waals surface area (Å²) in [6.07, 6.45) is -0.729. The molecule has 3 rings (SSSR count). The number of halogens is 2. The second-order valence-corrected chi connectivity index (χ2v) is 9.47. The fraction of sp³-hybridized carbons (Fsp3) is 0.179. The van der Waals surface area contributed by atoms with E-state index in [9.17, 15) is 24.3 Å². The van der Waals surface area contributed by atoms with Gasteiger partial charge in [-0.1, -0.05) is 65.7 Å². The molecule has 0 aliphatic heterocycles. The first-order valence-corrected chi connectivity index (χ1v) is 12.6. The molecule has 0 heterocycles. The van der Waals surface area contributed by atoms with Gasteiger partial charge in [-0.2, -0.15) is 0 Å². The topological polar surface area (TPSA) is 165 Å². The standard InChI is InChI=1S/C28H26Cl2N4O5/c29-21-12-18(16-5-2-1-3-6-16)13-22(30)26(21)24(36)14-19(27(38)39)15-33-25(37)10-9-23(35)17-7-4-8-20(11-17)34-28(31)32/h1-8,11-13,19H,9-10,14-15H2,(H,33,37)(H,38,39)(H4,31,32,34)/t19-/m0/s1. The summed E-state index contributed by atoms with van der Waals surface area (Å²) in [6.45, 7) is -0.314. The minimum Gasteiger partial charge on any atom is -0.481 e. The van der Waals surface area contributed by atoms with E-state index < -0.39 is 30.0 Å². The van der Waals surface area contributed by atoms with Crippen LogP contribution in [0.15, 0.2) is 71.7 Å². The van der Waals surface area contributed by atoms with Gasteiger partial charge in [-0.3, -0.25) is 19.2 Å². The first-order valence-electron chi connectivity index (χ1n) is 11.8. The highest BCUT2D eigenvalue weighted by atomic mass is 35.5. The number of Topliss-reactive ketones (excluding diaryl/α,β-unsaturated/α-hetero) is 2. The number of aliphatic imine (C=N–C) groups is 1. The van der Waals surface area contributed by atoms with Gasteiger partial charge in [-0.25, -0.2) is 4.99 Å². The molecule has 0 fully saturated rings. The lowest BCUT2D eigenvalue weighted by atomic mass is 9.96. The summed E-state index contributed by atoms with van der Waals surface area (Å²) < 4.78 is 0. The number of nitrogens with two attached hydrogens (primary N) is 2. The van der Waals surface area contributed by atoms with Gasteiger partial charge in [0.25, 0.3) is 0 Å². The SMILES string of the molecule is NC(N)=Nc1cccc(C(=O)CCC(=O)NC[C@H](CC(=O)c2c(Cl)cc(-c3ccccc3)cc2Cl)C(=O)O)c1. The third-order valence-corrected chi connectivity index (χ3v) is 6.36. The maximum absolute atomic E-state index is 12.9. The van der Waals surface area contributed by atoms with E-state index in [1.165, 1.54) is 6.07 Å². The number of guanidine groups is 1. The second kappa shape index (κ2) is 13.5. The van der Waals surface area contributed by atoms with Gasteiger partial charge in [-0.15, -0.1) is 0 Å². The minimum absolute atomic E-state index is 0.0177. The highest BCUT2D eigenvalue weighted by Gasteiger charge is 2.26. The van der Waals surface area contributed by atoms with Crippen LogP contribution < -0.4 is 16.8 Å². The molecule has 3 aromatic carbocycles. The van der Waals surface area contributed by atoms with E-state index in [1.807, 2.05) is 30.3 Å². The molecule has 39 heavy (non-hydrogen) atoms. The third kappa shape index (κ3) is 8.39. The summed E-state index contributed by atoms with van der Waals surface area (Å²) in [6, 6.07) is 18.8. The molecule has 0 bridgehead atoms. The Morgan fingerprint density at radius 2 is 1.51 bits per heavy atom. The number of ketones is 2. The highest BCUT2D eigenvalue weighted by molar-refractivity contribution is 6.40. The molecule has 6 N–H and O–H groups in total. The minimum atomic E-state index is -1.27. The summed E-state index contributed by atoms with van der Waals surface area (Å²) in [5.74, 6) is -4.07. The molecule has 9 nitrogen and oxygen atoms in total. The Labute approximate surface area is 234 Å². The summed E-state index contributed by atoms with van der Waals surface area (Å²) in [5, 5.41) is 12.3. The number of carbonyl (C=O) groups is 4. The average molecular weight is 569 g/mol. The molecule has 0 aliphatic carbocycles. The Hall–Kier alpha value is -4.21. The zero-order valence-electron chi connectivity index (χ0n) is 20.7. The molecular formula is C28H26Cl2N4O5. The molecule has 0 aromatic heterocycles. The lowest BCUT2D eigenvalue weighted by molar-refractivity contribution is -0.141. The molecule has 0 saturated heterocycles. The maximum atomic E-state index is 12.9. The maximum Gasteiger partial charge on any atom is 0.308 e. The van der Waals surface area contributed by atoms with Crippen LogP contribution in [0.25, 0.3) is 11.1 Å². The Bertz CT molecular complexity index is 1400. The van der Waals surface area contributed by atoms with Crippen LogP contribution >= 0.6 is 23.2 Å². The smallest absolute Gasteiger partial charge is 0.308 e. The van der Waals surface area contributed by atoms with Crippen molar-refractivity contribution in [2.75, 3.05) is 6.54 Å². The van der Waals surface area contributed by atoms with Crippen LogP contribution in [-0.2, 0) is 9.59 Å². The van der Waals surface area contributed by atoms with Crippen LogP contribution in [0.4, 0.5) is 5.69 Å². The van der Waals surface area contributed by atoms with E-state index in [1.54, 1.807) is 30.3 Å². The molecule has 3 aromatic rings. The van der Waals surface area contributed by atoms with Crippen LogP contribution in [0.1, 0.15) is 40.0 Å². The van der Waals surface area contributed by atoms with Gasteiger partial charge in [0.05, 0.1) is 27.2 Å². The Morgan fingerprint density at radius 3 is 2.13 bits per heavy atom. The fourth-order valence-corrected chi connectivity index (χ4v) is 4.50. The van der Waals surface area contributed by atoms with Gasteiger partial charge >= 0.3 is 5.97 Å². The average Bonchev–Trinajstić information content (AvgIpc) is 2.89. The quantitative estimate of drug-likeness (QED) is 0.140. The number of amides is 1. The van der Waals surface area contributed by atoms with Crippen LogP contribution in [0.2, 0.25) is 10.0 Å². The molecule has 1 amide bonds. The Balaban J connectivity index is 1.58. The van der Waals surface area contributed by atoms with Crippen molar-refractivity contribution in [2.24, 2.45) is 22.4 Å². The van der Waals surface area contributed by atoms with Crippen LogP contribution in [0, 0.1) is 5.92 Å². The lowest BCUT2D eigenvalue weighted by Gasteiger charge is -2.15. The van der Waals surface area contributed by atoms with Crippen molar-refractivity contribution in [3.05, 3.63) is 87.9 Å². The number of rotatable bonds is 12. The van der Waals surface area contributed by atoms with Crippen molar-refractivity contribution in [3.8, 4) is 11.1 Å². The number of carbonyl (C=O) groups excluding carboxylic acids is 3. The van der Waals surface area contributed by atoms with E-state index in [-0.39, 0.29) is 46.7 Å². The Kier molecular flexibility index (Phi) is 10.2. The predicted octanol–water partition coefficient (Wildman–Crippen LogP) is 4.62. The summed E-state index contributed by atoms with van der Waals surface area (Å²) >= 11 is 12.7. The van der Waals surface area contributed by atoms with Crippen LogP contribution in [0.3, 0.4) is 0 Å². The lowest BCUT2D eigenvalue weighted by Crippen LogP contribution is -2.34. The number of hydrogen-bond acceptors (Lipinski definition) is 5. The first-order chi connectivity index (χ1) is 18.5. The van der Waals surface area contributed by atoms with E-state index in [0.717, 1.165) is 5.56 Å². The molecule has 0 saturated carbocycles. The fourth-order valence-electron chi connectivity index (χ4n) is 3.80. The monoisotopic (exact) mass is 568 g/mol. The van der Waals surface area contributed by atoms with E-state index >= 15 is 0 Å². The number of carboxylic acids is 1. The van der Waals surface area contributed by atoms with Crippen LogP contribution in [0.5, 0.6) is 0 Å². The van der Waals surface area contributed by atoms with Gasteiger partial charge in [0, 0.05) is 31.4 Å². The summed E-state index contributed by atoms with van der Waals surface area (Å²) in [4.78, 5) is 53.4. The molecule has 0 unspecified atom stereocenters. The highest BCUT2D eigenvalue weighted by Crippen LogP contribution is 2.33. The van der Waals surface area contributed by atoms with Crippen molar-refractivity contribution in [1.29, 1.82) is 0 Å². The molecule has 202 valence electrons. The van der Waals surface area contributed by atoms with E-state index in [4.69, 9.17) is 34.7 Å². The summed E-state index contributed by atoms with van der Waals surface area (Å²) in [7, 11) is 0. The molecule has 11 heteroatoms. The number of hydrogen-bond donors (Lipinski definition) is 4. The number of nitrogens with zero attached hydrogens (tertiary/aromatic N) is 1. The molecule has 0 spiro atoms. The number of aliphatic carboxylic acids is 1. The number of carboxylic acid groups (broad SMARTS) is 1.